The number of carbonyl (C=O) groups excluding carboxylic acids is 2. The van der Waals surface area contributed by atoms with Crippen LogP contribution in [0.1, 0.15) is 19.0 Å². The second kappa shape index (κ2) is 6.12. The number of hydrogen-bond acceptors (Lipinski definition) is 6. The summed E-state index contributed by atoms with van der Waals surface area (Å²) in [5, 5.41) is 11.4. The fraction of sp³-hybridized carbons (Fsp3) is 0.583. The Labute approximate surface area is 115 Å². The predicted molar refractivity (Wildman–Crippen MR) is 70.0 cm³/mol. The van der Waals surface area contributed by atoms with Gasteiger partial charge in [0, 0.05) is 30.9 Å². The first kappa shape index (κ1) is 14.0. The van der Waals surface area contributed by atoms with Crippen molar-refractivity contribution in [2.45, 2.75) is 19.8 Å². The molecule has 1 atom stereocenters. The van der Waals surface area contributed by atoms with Gasteiger partial charge in [0.15, 0.2) is 5.13 Å². The van der Waals surface area contributed by atoms with Gasteiger partial charge < -0.3 is 9.84 Å². The van der Waals surface area contributed by atoms with E-state index in [-0.39, 0.29) is 30.8 Å². The number of esters is 1. The van der Waals surface area contributed by atoms with Crippen molar-refractivity contribution in [3.63, 3.8) is 0 Å². The molecule has 19 heavy (non-hydrogen) atoms. The fourth-order valence-electron chi connectivity index (χ4n) is 1.95. The lowest BCUT2D eigenvalue weighted by molar-refractivity contribution is -0.142. The Morgan fingerprint density at radius 1 is 1.68 bits per heavy atom. The number of aliphatic hydroxyl groups excluding tert-OH is 1. The molecule has 1 N–H and O–H groups in total. The average molecular weight is 284 g/mol. The average Bonchev–Trinajstić information content (AvgIpc) is 2.96. The van der Waals surface area contributed by atoms with Crippen LogP contribution in [0, 0.1) is 5.92 Å². The van der Waals surface area contributed by atoms with Gasteiger partial charge in [0.05, 0.1) is 18.7 Å². The zero-order chi connectivity index (χ0) is 13.8. The lowest BCUT2D eigenvalue weighted by atomic mass is 10.1. The third-order valence-corrected chi connectivity index (χ3v) is 3.78. The maximum absolute atomic E-state index is 11.8. The smallest absolute Gasteiger partial charge is 0.311 e. The molecule has 0 aromatic carbocycles. The molecule has 104 valence electrons. The summed E-state index contributed by atoms with van der Waals surface area (Å²) in [6, 6.07) is 0. The van der Waals surface area contributed by atoms with Gasteiger partial charge in [-0.15, -0.1) is 11.3 Å². The molecule has 0 saturated carbocycles. The predicted octanol–water partition coefficient (Wildman–Crippen LogP) is 0.594. The minimum atomic E-state index is -0.319. The van der Waals surface area contributed by atoms with Gasteiger partial charge in [0.25, 0.3) is 0 Å². The van der Waals surface area contributed by atoms with Crippen molar-refractivity contribution in [1.82, 2.24) is 4.98 Å². The molecule has 1 aliphatic heterocycles. The van der Waals surface area contributed by atoms with Gasteiger partial charge in [-0.25, -0.2) is 4.98 Å². The highest BCUT2D eigenvalue weighted by molar-refractivity contribution is 7.14. The van der Waals surface area contributed by atoms with E-state index in [1.807, 2.05) is 0 Å². The molecule has 0 aliphatic carbocycles. The Bertz CT molecular complexity index is 474. The van der Waals surface area contributed by atoms with E-state index in [4.69, 9.17) is 9.84 Å². The van der Waals surface area contributed by atoms with Crippen LogP contribution >= 0.6 is 11.3 Å². The zero-order valence-corrected chi connectivity index (χ0v) is 11.5. The first-order chi connectivity index (χ1) is 9.13. The van der Waals surface area contributed by atoms with Crippen molar-refractivity contribution in [3.05, 3.63) is 11.1 Å². The summed E-state index contributed by atoms with van der Waals surface area (Å²) in [7, 11) is 0. The van der Waals surface area contributed by atoms with Gasteiger partial charge in [0.2, 0.25) is 5.91 Å². The standard InChI is InChI=1S/C12H16N2O4S/c1-2-18-11(17)4-9-7-19-12(13-9)14-5-8(6-15)3-10(14)16/h7-8,15H,2-6H2,1H3. The highest BCUT2D eigenvalue weighted by atomic mass is 32.1. The van der Waals surface area contributed by atoms with Crippen LogP contribution in [-0.4, -0.2) is 41.7 Å². The van der Waals surface area contributed by atoms with Crippen LogP contribution < -0.4 is 4.90 Å². The zero-order valence-electron chi connectivity index (χ0n) is 10.7. The second-order valence-electron chi connectivity index (χ2n) is 4.36. The highest BCUT2D eigenvalue weighted by Crippen LogP contribution is 2.27. The SMILES string of the molecule is CCOC(=O)Cc1csc(N2CC(CO)CC2=O)n1. The van der Waals surface area contributed by atoms with Gasteiger partial charge in [-0.1, -0.05) is 0 Å². The molecule has 1 saturated heterocycles. The van der Waals surface area contributed by atoms with Crippen molar-refractivity contribution in [2.24, 2.45) is 5.92 Å². The number of thiazole rings is 1. The Hall–Kier alpha value is -1.47. The molecule has 1 fully saturated rings. The Balaban J connectivity index is 2.01. The Morgan fingerprint density at radius 3 is 3.11 bits per heavy atom. The van der Waals surface area contributed by atoms with E-state index in [0.717, 1.165) is 0 Å². The van der Waals surface area contributed by atoms with Crippen molar-refractivity contribution in [1.29, 1.82) is 0 Å². The van der Waals surface area contributed by atoms with E-state index >= 15 is 0 Å². The summed E-state index contributed by atoms with van der Waals surface area (Å²) in [4.78, 5) is 28.9. The van der Waals surface area contributed by atoms with Crippen LogP contribution in [0.5, 0.6) is 0 Å². The van der Waals surface area contributed by atoms with Gasteiger partial charge in [-0.05, 0) is 6.92 Å². The molecule has 1 aromatic heterocycles. The van der Waals surface area contributed by atoms with Crippen molar-refractivity contribution < 1.29 is 19.4 Å². The summed E-state index contributed by atoms with van der Waals surface area (Å²) in [5.74, 6) is -0.374. The number of hydrogen-bond donors (Lipinski definition) is 1. The molecule has 1 amide bonds. The number of aliphatic hydroxyl groups is 1. The molecule has 0 spiro atoms. The quantitative estimate of drug-likeness (QED) is 0.801. The van der Waals surface area contributed by atoms with Crippen LogP contribution in [0.3, 0.4) is 0 Å². The minimum Gasteiger partial charge on any atom is -0.466 e. The number of rotatable bonds is 5. The van der Waals surface area contributed by atoms with Gasteiger partial charge in [-0.3, -0.25) is 14.5 Å². The summed E-state index contributed by atoms with van der Waals surface area (Å²) in [6.07, 6.45) is 0.471. The van der Waals surface area contributed by atoms with Crippen LogP contribution in [0.2, 0.25) is 0 Å². The summed E-state index contributed by atoms with van der Waals surface area (Å²) < 4.78 is 4.85. The fourth-order valence-corrected chi connectivity index (χ4v) is 2.80. The third-order valence-electron chi connectivity index (χ3n) is 2.86. The van der Waals surface area contributed by atoms with Gasteiger partial charge >= 0.3 is 5.97 Å². The molecule has 0 radical (unpaired) electrons. The number of amides is 1. The summed E-state index contributed by atoms with van der Waals surface area (Å²) in [5.41, 5.74) is 0.610. The first-order valence-corrected chi connectivity index (χ1v) is 7.03. The Kier molecular flexibility index (Phi) is 4.49. The van der Waals surface area contributed by atoms with Crippen molar-refractivity contribution >= 4 is 28.3 Å². The summed E-state index contributed by atoms with van der Waals surface area (Å²) >= 11 is 1.33. The van der Waals surface area contributed by atoms with Crippen molar-refractivity contribution in [2.75, 3.05) is 24.7 Å². The molecule has 2 heterocycles. The van der Waals surface area contributed by atoms with Crippen LogP contribution in [0.4, 0.5) is 5.13 Å². The molecule has 0 bridgehead atoms. The third kappa shape index (κ3) is 3.30. The second-order valence-corrected chi connectivity index (χ2v) is 5.20. The van der Waals surface area contributed by atoms with Gasteiger partial charge in [-0.2, -0.15) is 0 Å². The topological polar surface area (TPSA) is 79.7 Å². The molecule has 1 unspecified atom stereocenters. The molecule has 2 rings (SSSR count). The minimum absolute atomic E-state index is 0.00327. The molecule has 6 nitrogen and oxygen atoms in total. The normalized spacial score (nSPS) is 18.9. The van der Waals surface area contributed by atoms with E-state index in [1.165, 1.54) is 11.3 Å². The molecule has 1 aliphatic rings. The van der Waals surface area contributed by atoms with Gasteiger partial charge in [0.1, 0.15) is 0 Å². The number of anilines is 1. The largest absolute Gasteiger partial charge is 0.466 e. The molecular weight excluding hydrogens is 268 g/mol. The van der Waals surface area contributed by atoms with E-state index in [9.17, 15) is 9.59 Å². The Morgan fingerprint density at radius 2 is 2.47 bits per heavy atom. The van der Waals surface area contributed by atoms with E-state index < -0.39 is 0 Å². The van der Waals surface area contributed by atoms with Crippen molar-refractivity contribution in [3.8, 4) is 0 Å². The molecule has 7 heteroatoms. The monoisotopic (exact) mass is 284 g/mol. The van der Waals surface area contributed by atoms with E-state index in [0.29, 0.717) is 30.4 Å². The van der Waals surface area contributed by atoms with E-state index in [2.05, 4.69) is 4.98 Å². The van der Waals surface area contributed by atoms with Crippen LogP contribution in [0.15, 0.2) is 5.38 Å². The lowest BCUT2D eigenvalue weighted by Crippen LogP contribution is -2.24. The number of aromatic nitrogens is 1. The lowest BCUT2D eigenvalue weighted by Gasteiger charge is -2.11. The maximum Gasteiger partial charge on any atom is 0.311 e. The number of carbonyl (C=O) groups is 2. The number of nitrogens with zero attached hydrogens (tertiary/aromatic N) is 2. The molecular formula is C12H16N2O4S. The highest BCUT2D eigenvalue weighted by Gasteiger charge is 2.31. The first-order valence-electron chi connectivity index (χ1n) is 6.15. The van der Waals surface area contributed by atoms with Crippen LogP contribution in [-0.2, 0) is 20.7 Å². The summed E-state index contributed by atoms with van der Waals surface area (Å²) in [6.45, 7) is 2.59. The maximum atomic E-state index is 11.8. The molecule has 1 aromatic rings. The van der Waals surface area contributed by atoms with E-state index in [1.54, 1.807) is 17.2 Å². The van der Waals surface area contributed by atoms with Crippen LogP contribution in [0.25, 0.3) is 0 Å². The number of ether oxygens (including phenoxy) is 1.